The molecule has 0 heterocycles. The molecule has 1 fully saturated rings. The van der Waals surface area contributed by atoms with E-state index in [9.17, 15) is 5.11 Å². The minimum absolute atomic E-state index is 0.126. The summed E-state index contributed by atoms with van der Waals surface area (Å²) in [6, 6.07) is 10.9. The Labute approximate surface area is 110 Å². The van der Waals surface area contributed by atoms with Crippen LogP contribution in [-0.2, 0) is 0 Å². The largest absolute Gasteiger partial charge is 0.396 e. The number of nitrogens with one attached hydrogen (secondary N) is 1. The number of hydrogen-bond acceptors (Lipinski definition) is 2. The van der Waals surface area contributed by atoms with Crippen molar-refractivity contribution in [2.75, 3.05) is 13.2 Å². The predicted octanol–water partition coefficient (Wildman–Crippen LogP) is 3.28. The van der Waals surface area contributed by atoms with Crippen molar-refractivity contribution in [3.05, 3.63) is 35.9 Å². The summed E-state index contributed by atoms with van der Waals surface area (Å²) in [6.45, 7) is 3.45. The first kappa shape index (κ1) is 13.6. The molecule has 0 radical (unpaired) electrons. The molecular weight excluding hydrogens is 222 g/mol. The van der Waals surface area contributed by atoms with E-state index in [-0.39, 0.29) is 5.41 Å². The Morgan fingerprint density at radius 1 is 1.17 bits per heavy atom. The molecule has 1 atom stereocenters. The van der Waals surface area contributed by atoms with Gasteiger partial charge in [0.1, 0.15) is 0 Å². The Hall–Kier alpha value is -0.860. The lowest BCUT2D eigenvalue weighted by atomic mass is 9.74. The molecule has 2 heteroatoms. The number of hydrogen-bond donors (Lipinski definition) is 2. The molecule has 0 aliphatic heterocycles. The molecule has 0 spiro atoms. The quantitative estimate of drug-likeness (QED) is 0.837. The Morgan fingerprint density at radius 2 is 1.83 bits per heavy atom. The number of aliphatic hydroxyl groups excluding tert-OH is 1. The van der Waals surface area contributed by atoms with Crippen molar-refractivity contribution < 1.29 is 5.11 Å². The van der Waals surface area contributed by atoms with Crippen molar-refractivity contribution in [1.82, 2.24) is 5.32 Å². The summed E-state index contributed by atoms with van der Waals surface area (Å²) in [7, 11) is 0. The van der Waals surface area contributed by atoms with Crippen LogP contribution < -0.4 is 5.32 Å². The van der Waals surface area contributed by atoms with Gasteiger partial charge in [-0.2, -0.15) is 0 Å². The summed E-state index contributed by atoms with van der Waals surface area (Å²) in [5.41, 5.74) is 1.45. The van der Waals surface area contributed by atoms with E-state index in [1.807, 2.05) is 6.07 Å². The van der Waals surface area contributed by atoms with E-state index >= 15 is 0 Å². The second kappa shape index (κ2) is 6.35. The van der Waals surface area contributed by atoms with Crippen molar-refractivity contribution >= 4 is 0 Å². The summed E-state index contributed by atoms with van der Waals surface area (Å²) >= 11 is 0. The third-order valence-electron chi connectivity index (χ3n) is 4.33. The van der Waals surface area contributed by atoms with Crippen molar-refractivity contribution in [3.63, 3.8) is 0 Å². The minimum atomic E-state index is 0.126. The van der Waals surface area contributed by atoms with Gasteiger partial charge in [-0.25, -0.2) is 0 Å². The summed E-state index contributed by atoms with van der Waals surface area (Å²) < 4.78 is 0. The fourth-order valence-corrected chi connectivity index (χ4v) is 2.92. The lowest BCUT2D eigenvalue weighted by Gasteiger charge is -2.36. The molecular formula is C16H25NO. The second-order valence-electron chi connectivity index (χ2n) is 5.73. The van der Waals surface area contributed by atoms with Crippen molar-refractivity contribution in [2.45, 2.75) is 45.1 Å². The zero-order chi connectivity index (χ0) is 12.8. The first-order chi connectivity index (χ1) is 8.76. The highest BCUT2D eigenvalue weighted by molar-refractivity contribution is 5.18. The van der Waals surface area contributed by atoms with Crippen LogP contribution in [-0.4, -0.2) is 18.3 Å². The normalized spacial score (nSPS) is 20.6. The molecule has 1 aromatic rings. The van der Waals surface area contributed by atoms with Crippen LogP contribution in [0.5, 0.6) is 0 Å². The fourth-order valence-electron chi connectivity index (χ4n) is 2.92. The molecule has 2 rings (SSSR count). The maximum Gasteiger partial charge on any atom is 0.0499 e. The van der Waals surface area contributed by atoms with Crippen LogP contribution >= 0.6 is 0 Å². The summed E-state index contributed by atoms with van der Waals surface area (Å²) in [6.07, 6.45) is 6.19. The van der Waals surface area contributed by atoms with Gasteiger partial charge in [-0.05, 0) is 25.3 Å². The highest BCUT2D eigenvalue weighted by Crippen LogP contribution is 2.35. The van der Waals surface area contributed by atoms with Gasteiger partial charge in [-0.15, -0.1) is 0 Å². The highest BCUT2D eigenvalue weighted by atomic mass is 16.3. The van der Waals surface area contributed by atoms with E-state index in [4.69, 9.17) is 0 Å². The summed E-state index contributed by atoms with van der Waals surface area (Å²) in [4.78, 5) is 0. The van der Waals surface area contributed by atoms with Crippen LogP contribution in [0.15, 0.2) is 30.3 Å². The van der Waals surface area contributed by atoms with Crippen LogP contribution in [0, 0.1) is 5.41 Å². The molecule has 18 heavy (non-hydrogen) atoms. The van der Waals surface area contributed by atoms with Crippen LogP contribution in [0.25, 0.3) is 0 Å². The van der Waals surface area contributed by atoms with Gasteiger partial charge in [-0.3, -0.25) is 0 Å². The predicted molar refractivity (Wildman–Crippen MR) is 75.5 cm³/mol. The molecule has 100 valence electrons. The Balaban J connectivity index is 1.90. The van der Waals surface area contributed by atoms with E-state index in [0.717, 1.165) is 19.4 Å². The third-order valence-corrected chi connectivity index (χ3v) is 4.33. The standard InChI is InChI=1S/C16H25NO/c1-14(15-8-4-2-5-9-15)17-12-16(13-18)10-6-3-7-11-16/h2,4-5,8-9,14,17-18H,3,6-7,10-13H2,1H3. The molecule has 1 aliphatic carbocycles. The van der Waals surface area contributed by atoms with Crippen molar-refractivity contribution in [1.29, 1.82) is 0 Å². The molecule has 2 nitrogen and oxygen atoms in total. The molecule has 2 N–H and O–H groups in total. The maximum atomic E-state index is 9.68. The Kier molecular flexibility index (Phi) is 4.79. The molecule has 0 bridgehead atoms. The Morgan fingerprint density at radius 3 is 2.44 bits per heavy atom. The summed E-state index contributed by atoms with van der Waals surface area (Å²) in [5, 5.41) is 13.3. The van der Waals surface area contributed by atoms with Crippen molar-refractivity contribution in [3.8, 4) is 0 Å². The van der Waals surface area contributed by atoms with Gasteiger partial charge in [0.25, 0.3) is 0 Å². The van der Waals surface area contributed by atoms with Crippen LogP contribution in [0.1, 0.15) is 50.6 Å². The lowest BCUT2D eigenvalue weighted by molar-refractivity contribution is 0.0789. The third kappa shape index (κ3) is 3.33. The highest BCUT2D eigenvalue weighted by Gasteiger charge is 2.31. The van der Waals surface area contributed by atoms with Gasteiger partial charge in [-0.1, -0.05) is 49.6 Å². The SMILES string of the molecule is CC(NCC1(CO)CCCCC1)c1ccccc1. The van der Waals surface area contributed by atoms with E-state index in [0.29, 0.717) is 12.6 Å². The van der Waals surface area contributed by atoms with Gasteiger partial charge in [0.05, 0.1) is 0 Å². The summed E-state index contributed by atoms with van der Waals surface area (Å²) in [5.74, 6) is 0. The minimum Gasteiger partial charge on any atom is -0.396 e. The van der Waals surface area contributed by atoms with Gasteiger partial charge in [0.2, 0.25) is 0 Å². The average Bonchev–Trinajstić information content (AvgIpc) is 2.47. The first-order valence-electron chi connectivity index (χ1n) is 7.15. The van der Waals surface area contributed by atoms with Gasteiger partial charge < -0.3 is 10.4 Å². The fraction of sp³-hybridized carbons (Fsp3) is 0.625. The molecule has 0 saturated heterocycles. The molecule has 1 aromatic carbocycles. The molecule has 1 unspecified atom stereocenters. The molecule has 1 aliphatic rings. The number of aliphatic hydroxyl groups is 1. The Bertz CT molecular complexity index is 343. The van der Waals surface area contributed by atoms with Gasteiger partial charge in [0, 0.05) is 24.6 Å². The van der Waals surface area contributed by atoms with Crippen LogP contribution in [0.2, 0.25) is 0 Å². The van der Waals surface area contributed by atoms with Crippen molar-refractivity contribution in [2.24, 2.45) is 5.41 Å². The maximum absolute atomic E-state index is 9.68. The van der Waals surface area contributed by atoms with Gasteiger partial charge >= 0.3 is 0 Å². The van der Waals surface area contributed by atoms with E-state index < -0.39 is 0 Å². The second-order valence-corrected chi connectivity index (χ2v) is 5.73. The topological polar surface area (TPSA) is 32.3 Å². The zero-order valence-corrected chi connectivity index (χ0v) is 11.4. The zero-order valence-electron chi connectivity index (χ0n) is 11.4. The van der Waals surface area contributed by atoms with E-state index in [1.165, 1.54) is 24.8 Å². The van der Waals surface area contributed by atoms with Gasteiger partial charge in [0.15, 0.2) is 0 Å². The number of benzene rings is 1. The smallest absolute Gasteiger partial charge is 0.0499 e. The average molecular weight is 247 g/mol. The van der Waals surface area contributed by atoms with E-state index in [2.05, 4.69) is 36.5 Å². The van der Waals surface area contributed by atoms with E-state index in [1.54, 1.807) is 0 Å². The molecule has 0 aromatic heterocycles. The number of rotatable bonds is 5. The first-order valence-corrected chi connectivity index (χ1v) is 7.15. The lowest BCUT2D eigenvalue weighted by Crippen LogP contribution is -2.39. The van der Waals surface area contributed by atoms with Crippen LogP contribution in [0.4, 0.5) is 0 Å². The monoisotopic (exact) mass is 247 g/mol. The molecule has 1 saturated carbocycles. The van der Waals surface area contributed by atoms with Crippen LogP contribution in [0.3, 0.4) is 0 Å². The molecule has 0 amide bonds.